The van der Waals surface area contributed by atoms with Crippen molar-refractivity contribution in [2.45, 2.75) is 33.1 Å². The van der Waals surface area contributed by atoms with Gasteiger partial charge in [-0.15, -0.1) is 0 Å². The summed E-state index contributed by atoms with van der Waals surface area (Å²) in [6.45, 7) is 7.91. The zero-order valence-corrected chi connectivity index (χ0v) is 12.6. The van der Waals surface area contributed by atoms with Crippen LogP contribution in [0.25, 0.3) is 0 Å². The summed E-state index contributed by atoms with van der Waals surface area (Å²) in [4.78, 5) is 18.8. The molecule has 0 saturated carbocycles. The predicted octanol–water partition coefficient (Wildman–Crippen LogP) is 2.24. The minimum Gasteiger partial charge on any atom is -0.338 e. The second-order valence-electron chi connectivity index (χ2n) is 5.63. The smallest absolute Gasteiger partial charge is 0.255 e. The van der Waals surface area contributed by atoms with E-state index >= 15 is 0 Å². The van der Waals surface area contributed by atoms with Gasteiger partial charge < -0.3 is 10.2 Å². The van der Waals surface area contributed by atoms with Gasteiger partial charge in [-0.25, -0.2) is 0 Å². The van der Waals surface area contributed by atoms with Crippen molar-refractivity contribution >= 4 is 5.91 Å². The van der Waals surface area contributed by atoms with Crippen LogP contribution in [0.5, 0.6) is 0 Å². The summed E-state index contributed by atoms with van der Waals surface area (Å²) in [7, 11) is 0. The van der Waals surface area contributed by atoms with E-state index in [4.69, 9.17) is 0 Å². The molecular weight excluding hydrogens is 250 g/mol. The topological polar surface area (TPSA) is 45.2 Å². The van der Waals surface area contributed by atoms with Crippen molar-refractivity contribution in [2.24, 2.45) is 5.92 Å². The van der Waals surface area contributed by atoms with Crippen molar-refractivity contribution in [2.75, 3.05) is 26.2 Å². The van der Waals surface area contributed by atoms with Crippen LogP contribution in [0, 0.1) is 12.8 Å². The van der Waals surface area contributed by atoms with Crippen molar-refractivity contribution in [3.05, 3.63) is 29.6 Å². The van der Waals surface area contributed by atoms with Gasteiger partial charge >= 0.3 is 0 Å². The summed E-state index contributed by atoms with van der Waals surface area (Å²) in [5.74, 6) is 0.753. The third-order valence-electron chi connectivity index (χ3n) is 3.88. The molecule has 1 aromatic heterocycles. The molecule has 1 amide bonds. The van der Waals surface area contributed by atoms with Gasteiger partial charge in [0.2, 0.25) is 0 Å². The van der Waals surface area contributed by atoms with Crippen molar-refractivity contribution in [1.82, 2.24) is 15.2 Å². The summed E-state index contributed by atoms with van der Waals surface area (Å²) < 4.78 is 0. The number of carbonyl (C=O) groups is 1. The first-order chi connectivity index (χ1) is 9.70. The zero-order valence-electron chi connectivity index (χ0n) is 12.6. The molecular formula is C16H25N3O. The maximum Gasteiger partial charge on any atom is 0.255 e. The third kappa shape index (κ3) is 4.04. The minimum absolute atomic E-state index is 0.123. The first-order valence-electron chi connectivity index (χ1n) is 7.63. The molecule has 2 heterocycles. The zero-order chi connectivity index (χ0) is 14.4. The first-order valence-corrected chi connectivity index (χ1v) is 7.63. The highest BCUT2D eigenvalue weighted by molar-refractivity contribution is 5.93. The second-order valence-corrected chi connectivity index (χ2v) is 5.63. The van der Waals surface area contributed by atoms with Crippen molar-refractivity contribution in [3.63, 3.8) is 0 Å². The van der Waals surface area contributed by atoms with Crippen LogP contribution in [-0.2, 0) is 0 Å². The normalized spacial score (nSPS) is 16.1. The quantitative estimate of drug-likeness (QED) is 0.896. The van der Waals surface area contributed by atoms with Crippen molar-refractivity contribution in [1.29, 1.82) is 0 Å². The molecule has 1 aliphatic rings. The summed E-state index contributed by atoms with van der Waals surface area (Å²) in [5.41, 5.74) is 1.65. The van der Waals surface area contributed by atoms with Gasteiger partial charge in [-0.3, -0.25) is 9.78 Å². The van der Waals surface area contributed by atoms with Crippen LogP contribution in [0.3, 0.4) is 0 Å². The molecule has 1 N–H and O–H groups in total. The van der Waals surface area contributed by atoms with E-state index in [0.717, 1.165) is 38.3 Å². The van der Waals surface area contributed by atoms with E-state index in [9.17, 15) is 4.79 Å². The molecule has 1 aliphatic heterocycles. The summed E-state index contributed by atoms with van der Waals surface area (Å²) in [5, 5.41) is 3.37. The monoisotopic (exact) mass is 275 g/mol. The van der Waals surface area contributed by atoms with Crippen LogP contribution >= 0.6 is 0 Å². The molecule has 1 fully saturated rings. The highest BCUT2D eigenvalue weighted by Crippen LogP contribution is 2.15. The van der Waals surface area contributed by atoms with Gasteiger partial charge in [0.1, 0.15) is 0 Å². The Kier molecular flexibility index (Phi) is 5.53. The number of aryl methyl sites for hydroxylation is 1. The fourth-order valence-electron chi connectivity index (χ4n) is 2.70. The molecule has 110 valence electrons. The average Bonchev–Trinajstić information content (AvgIpc) is 2.48. The van der Waals surface area contributed by atoms with E-state index in [1.807, 2.05) is 24.0 Å². The Morgan fingerprint density at radius 2 is 2.15 bits per heavy atom. The SMILES string of the molecule is CCCN(CC1CCNCC1)C(=O)c1ccc(C)nc1. The van der Waals surface area contributed by atoms with E-state index in [-0.39, 0.29) is 5.91 Å². The predicted molar refractivity (Wildman–Crippen MR) is 80.8 cm³/mol. The number of pyridine rings is 1. The fraction of sp³-hybridized carbons (Fsp3) is 0.625. The van der Waals surface area contributed by atoms with Crippen LogP contribution < -0.4 is 5.32 Å². The van der Waals surface area contributed by atoms with Crippen LogP contribution in [0.15, 0.2) is 18.3 Å². The lowest BCUT2D eigenvalue weighted by Gasteiger charge is -2.30. The summed E-state index contributed by atoms with van der Waals surface area (Å²) in [6.07, 6.45) is 5.03. The minimum atomic E-state index is 0.123. The Bertz CT molecular complexity index is 424. The molecule has 0 radical (unpaired) electrons. The molecule has 20 heavy (non-hydrogen) atoms. The molecule has 0 spiro atoms. The van der Waals surface area contributed by atoms with Crippen LogP contribution in [0.1, 0.15) is 42.2 Å². The molecule has 1 saturated heterocycles. The van der Waals surface area contributed by atoms with E-state index in [0.29, 0.717) is 11.5 Å². The van der Waals surface area contributed by atoms with E-state index in [2.05, 4.69) is 17.2 Å². The van der Waals surface area contributed by atoms with Gasteiger partial charge in [0.25, 0.3) is 5.91 Å². The Morgan fingerprint density at radius 3 is 2.75 bits per heavy atom. The molecule has 0 aromatic carbocycles. The Hall–Kier alpha value is -1.42. The number of aromatic nitrogens is 1. The van der Waals surface area contributed by atoms with Crippen LogP contribution in [0.2, 0.25) is 0 Å². The maximum absolute atomic E-state index is 12.6. The number of rotatable bonds is 5. The lowest BCUT2D eigenvalue weighted by Crippen LogP contribution is -2.39. The Labute approximate surface area is 121 Å². The molecule has 0 aliphatic carbocycles. The third-order valence-corrected chi connectivity index (χ3v) is 3.88. The van der Waals surface area contributed by atoms with Gasteiger partial charge in [-0.2, -0.15) is 0 Å². The van der Waals surface area contributed by atoms with Crippen molar-refractivity contribution < 1.29 is 4.79 Å². The number of hydrogen-bond donors (Lipinski definition) is 1. The Balaban J connectivity index is 2.02. The molecule has 0 unspecified atom stereocenters. The van der Waals surface area contributed by atoms with Crippen LogP contribution in [0.4, 0.5) is 0 Å². The first kappa shape index (κ1) is 15.0. The van der Waals surface area contributed by atoms with Gasteiger partial charge in [-0.05, 0) is 57.3 Å². The summed E-state index contributed by atoms with van der Waals surface area (Å²) in [6, 6.07) is 3.79. The number of carbonyl (C=O) groups excluding carboxylic acids is 1. The lowest BCUT2D eigenvalue weighted by atomic mass is 9.97. The second kappa shape index (κ2) is 7.39. The molecule has 2 rings (SSSR count). The molecule has 4 heteroatoms. The van der Waals surface area contributed by atoms with Gasteiger partial charge in [-0.1, -0.05) is 6.92 Å². The van der Waals surface area contributed by atoms with E-state index in [1.54, 1.807) is 6.20 Å². The Morgan fingerprint density at radius 1 is 1.40 bits per heavy atom. The number of piperidine rings is 1. The lowest BCUT2D eigenvalue weighted by molar-refractivity contribution is 0.0716. The molecule has 0 atom stereocenters. The molecule has 0 bridgehead atoms. The molecule has 1 aromatic rings. The number of nitrogens with zero attached hydrogens (tertiary/aromatic N) is 2. The largest absolute Gasteiger partial charge is 0.338 e. The maximum atomic E-state index is 12.6. The highest BCUT2D eigenvalue weighted by atomic mass is 16.2. The number of amides is 1. The van der Waals surface area contributed by atoms with Gasteiger partial charge in [0.05, 0.1) is 5.56 Å². The average molecular weight is 275 g/mol. The standard InChI is InChI=1S/C16H25N3O/c1-3-10-19(12-14-6-8-17-9-7-14)16(20)15-5-4-13(2)18-11-15/h4-5,11,14,17H,3,6-10,12H2,1-2H3. The van der Waals surface area contributed by atoms with Crippen molar-refractivity contribution in [3.8, 4) is 0 Å². The van der Waals surface area contributed by atoms with Gasteiger partial charge in [0, 0.05) is 25.0 Å². The molecule has 4 nitrogen and oxygen atoms in total. The van der Waals surface area contributed by atoms with E-state index < -0.39 is 0 Å². The highest BCUT2D eigenvalue weighted by Gasteiger charge is 2.21. The fourth-order valence-corrected chi connectivity index (χ4v) is 2.70. The van der Waals surface area contributed by atoms with Gasteiger partial charge in [0.15, 0.2) is 0 Å². The van der Waals surface area contributed by atoms with E-state index in [1.165, 1.54) is 12.8 Å². The number of hydrogen-bond acceptors (Lipinski definition) is 3. The number of nitrogens with one attached hydrogen (secondary N) is 1. The summed E-state index contributed by atoms with van der Waals surface area (Å²) >= 11 is 0. The van der Waals surface area contributed by atoms with Crippen LogP contribution in [-0.4, -0.2) is 42.0 Å².